The van der Waals surface area contributed by atoms with Crippen molar-refractivity contribution in [3.63, 3.8) is 0 Å². The number of halogens is 1. The first-order valence-corrected chi connectivity index (χ1v) is 8.07. The first-order chi connectivity index (χ1) is 8.81. The number of carbonyl (C=O) groups excluding carboxylic acids is 2. The fourth-order valence-electron chi connectivity index (χ4n) is 2.19. The van der Waals surface area contributed by atoms with Crippen LogP contribution in [0.5, 0.6) is 0 Å². The van der Waals surface area contributed by atoms with E-state index < -0.39 is 0 Å². The molecule has 1 unspecified atom stereocenters. The van der Waals surface area contributed by atoms with E-state index in [2.05, 4.69) is 36.7 Å². The Hall–Kier alpha value is -0.580. The van der Waals surface area contributed by atoms with Crippen molar-refractivity contribution in [2.24, 2.45) is 11.3 Å². The summed E-state index contributed by atoms with van der Waals surface area (Å²) in [6.45, 7) is 11.2. The van der Waals surface area contributed by atoms with Gasteiger partial charge in [-0.1, -0.05) is 43.6 Å². The Morgan fingerprint density at radius 2 is 1.68 bits per heavy atom. The fourth-order valence-corrected chi connectivity index (χ4v) is 3.37. The van der Waals surface area contributed by atoms with Crippen LogP contribution in [-0.4, -0.2) is 53.1 Å². The van der Waals surface area contributed by atoms with E-state index in [-0.39, 0.29) is 17.2 Å². The number of hydrogen-bond acceptors (Lipinski definition) is 2. The van der Waals surface area contributed by atoms with Gasteiger partial charge in [-0.25, -0.2) is 0 Å². The number of nitrogens with zero attached hydrogens (tertiary/aromatic N) is 2. The van der Waals surface area contributed by atoms with Gasteiger partial charge in [0.2, 0.25) is 0 Å². The molecule has 0 aliphatic carbocycles. The van der Waals surface area contributed by atoms with Crippen LogP contribution >= 0.6 is 15.9 Å². The normalized spacial score (nSPS) is 19.0. The topological polar surface area (TPSA) is 40.6 Å². The lowest BCUT2D eigenvalue weighted by Gasteiger charge is -2.38. The van der Waals surface area contributed by atoms with Crippen molar-refractivity contribution >= 4 is 27.7 Å². The lowest BCUT2D eigenvalue weighted by Crippen LogP contribution is -2.56. The predicted octanol–water partition coefficient (Wildman–Crippen LogP) is 2.12. The van der Waals surface area contributed by atoms with E-state index in [0.29, 0.717) is 32.1 Å². The zero-order valence-corrected chi connectivity index (χ0v) is 14.0. The minimum Gasteiger partial charge on any atom is -0.333 e. The Morgan fingerprint density at radius 1 is 1.16 bits per heavy atom. The molecule has 1 aliphatic heterocycles. The molecular weight excluding hydrogens is 308 g/mol. The van der Waals surface area contributed by atoms with Crippen molar-refractivity contribution in [2.75, 3.05) is 31.5 Å². The van der Waals surface area contributed by atoms with Gasteiger partial charge in [0.05, 0.1) is 0 Å². The lowest BCUT2D eigenvalue weighted by atomic mass is 9.81. The average Bonchev–Trinajstić information content (AvgIpc) is 2.33. The maximum atomic E-state index is 12.1. The van der Waals surface area contributed by atoms with Crippen molar-refractivity contribution in [1.29, 1.82) is 0 Å². The molecule has 110 valence electrons. The SMILES string of the molecule is CCCN1CCN(CC(CBr)C(C)(C)C)C(=O)C1=O. The molecule has 0 N–H and O–H groups in total. The second kappa shape index (κ2) is 6.73. The average molecular weight is 333 g/mol. The molecule has 0 aromatic heterocycles. The van der Waals surface area contributed by atoms with Gasteiger partial charge in [-0.15, -0.1) is 0 Å². The molecule has 4 nitrogen and oxygen atoms in total. The maximum Gasteiger partial charge on any atom is 0.312 e. The molecule has 1 saturated heterocycles. The molecule has 0 saturated carbocycles. The zero-order chi connectivity index (χ0) is 14.6. The summed E-state index contributed by atoms with van der Waals surface area (Å²) < 4.78 is 0. The highest BCUT2D eigenvalue weighted by molar-refractivity contribution is 9.09. The molecule has 0 aromatic rings. The molecule has 1 rings (SSSR count). The number of carbonyl (C=O) groups is 2. The fraction of sp³-hybridized carbons (Fsp3) is 0.857. The Kier molecular flexibility index (Phi) is 5.83. The molecule has 1 fully saturated rings. The molecule has 1 atom stereocenters. The number of amides is 2. The highest BCUT2D eigenvalue weighted by atomic mass is 79.9. The summed E-state index contributed by atoms with van der Waals surface area (Å²) in [5.74, 6) is -0.327. The van der Waals surface area contributed by atoms with Gasteiger partial charge in [-0.05, 0) is 17.8 Å². The van der Waals surface area contributed by atoms with Crippen molar-refractivity contribution in [3.8, 4) is 0 Å². The predicted molar refractivity (Wildman–Crippen MR) is 80.2 cm³/mol. The minimum atomic E-state index is -0.338. The van der Waals surface area contributed by atoms with Gasteiger partial charge in [-0.2, -0.15) is 0 Å². The monoisotopic (exact) mass is 332 g/mol. The van der Waals surface area contributed by atoms with Crippen molar-refractivity contribution in [2.45, 2.75) is 34.1 Å². The molecular formula is C14H25BrN2O2. The largest absolute Gasteiger partial charge is 0.333 e. The lowest BCUT2D eigenvalue weighted by molar-refractivity contribution is -0.156. The van der Waals surface area contributed by atoms with Crippen molar-refractivity contribution in [3.05, 3.63) is 0 Å². The van der Waals surface area contributed by atoms with Crippen LogP contribution in [-0.2, 0) is 9.59 Å². The van der Waals surface area contributed by atoms with Gasteiger partial charge < -0.3 is 9.80 Å². The van der Waals surface area contributed by atoms with Gasteiger partial charge in [0.1, 0.15) is 0 Å². The number of piperazine rings is 1. The molecule has 5 heteroatoms. The van der Waals surface area contributed by atoms with E-state index in [1.54, 1.807) is 9.80 Å². The summed E-state index contributed by atoms with van der Waals surface area (Å²) in [6, 6.07) is 0. The third-order valence-corrected chi connectivity index (χ3v) is 4.52. The summed E-state index contributed by atoms with van der Waals surface area (Å²) in [4.78, 5) is 27.5. The Balaban J connectivity index is 2.67. The van der Waals surface area contributed by atoms with Crippen LogP contribution < -0.4 is 0 Å². The van der Waals surface area contributed by atoms with Gasteiger partial charge >= 0.3 is 11.8 Å². The van der Waals surface area contributed by atoms with Crippen LogP contribution in [0.15, 0.2) is 0 Å². The Labute approximate surface area is 124 Å². The summed E-state index contributed by atoms with van der Waals surface area (Å²) in [7, 11) is 0. The first-order valence-electron chi connectivity index (χ1n) is 6.95. The third kappa shape index (κ3) is 4.20. The third-order valence-electron chi connectivity index (χ3n) is 3.74. The Bertz CT molecular complexity index is 339. The van der Waals surface area contributed by atoms with E-state index in [0.717, 1.165) is 11.8 Å². The van der Waals surface area contributed by atoms with Gasteiger partial charge in [0.25, 0.3) is 0 Å². The van der Waals surface area contributed by atoms with Crippen LogP contribution in [0.4, 0.5) is 0 Å². The summed E-state index contributed by atoms with van der Waals surface area (Å²) >= 11 is 3.52. The molecule has 19 heavy (non-hydrogen) atoms. The summed E-state index contributed by atoms with van der Waals surface area (Å²) in [6.07, 6.45) is 0.894. The second-order valence-electron chi connectivity index (χ2n) is 6.26. The molecule has 0 aromatic carbocycles. The van der Waals surface area contributed by atoms with Crippen LogP contribution in [0, 0.1) is 11.3 Å². The first kappa shape index (κ1) is 16.5. The quantitative estimate of drug-likeness (QED) is 0.571. The van der Waals surface area contributed by atoms with Crippen molar-refractivity contribution < 1.29 is 9.59 Å². The maximum absolute atomic E-state index is 12.1. The molecule has 0 spiro atoms. The van der Waals surface area contributed by atoms with Gasteiger partial charge in [-0.3, -0.25) is 9.59 Å². The number of alkyl halides is 1. The number of rotatable bonds is 5. The smallest absolute Gasteiger partial charge is 0.312 e. The minimum absolute atomic E-state index is 0.118. The number of hydrogen-bond donors (Lipinski definition) is 0. The Morgan fingerprint density at radius 3 is 2.16 bits per heavy atom. The highest BCUT2D eigenvalue weighted by Crippen LogP contribution is 2.28. The molecule has 1 aliphatic rings. The highest BCUT2D eigenvalue weighted by Gasteiger charge is 2.35. The zero-order valence-electron chi connectivity index (χ0n) is 12.4. The van der Waals surface area contributed by atoms with Crippen LogP contribution in [0.25, 0.3) is 0 Å². The molecule has 0 bridgehead atoms. The standard InChI is InChI=1S/C14H25BrN2O2/c1-5-6-16-7-8-17(13(19)12(16)18)10-11(9-15)14(2,3)4/h11H,5-10H2,1-4H3. The summed E-state index contributed by atoms with van der Waals surface area (Å²) in [5, 5.41) is 0.840. The van der Waals surface area contributed by atoms with Gasteiger partial charge in [0.15, 0.2) is 0 Å². The molecule has 0 radical (unpaired) electrons. The van der Waals surface area contributed by atoms with E-state index in [9.17, 15) is 9.59 Å². The van der Waals surface area contributed by atoms with Gasteiger partial charge in [0, 0.05) is 31.5 Å². The van der Waals surface area contributed by atoms with E-state index >= 15 is 0 Å². The van der Waals surface area contributed by atoms with Crippen molar-refractivity contribution in [1.82, 2.24) is 9.80 Å². The van der Waals surface area contributed by atoms with E-state index in [4.69, 9.17) is 0 Å². The van der Waals surface area contributed by atoms with Crippen LogP contribution in [0.2, 0.25) is 0 Å². The van der Waals surface area contributed by atoms with Crippen LogP contribution in [0.1, 0.15) is 34.1 Å². The second-order valence-corrected chi connectivity index (χ2v) is 6.91. The van der Waals surface area contributed by atoms with E-state index in [1.165, 1.54) is 0 Å². The van der Waals surface area contributed by atoms with E-state index in [1.807, 2.05) is 6.92 Å². The van der Waals surface area contributed by atoms with Crippen LogP contribution in [0.3, 0.4) is 0 Å². The summed E-state index contributed by atoms with van der Waals surface area (Å²) in [5.41, 5.74) is 0.118. The molecule has 2 amide bonds. The molecule has 1 heterocycles.